The molecule has 7 nitrogen and oxygen atoms in total. The van der Waals surface area contributed by atoms with E-state index in [4.69, 9.17) is 0 Å². The van der Waals surface area contributed by atoms with Crippen LogP contribution in [-0.4, -0.2) is 64.1 Å². The lowest BCUT2D eigenvalue weighted by atomic mass is 9.48. The molecule has 4 saturated carbocycles. The lowest BCUT2D eigenvalue weighted by Gasteiger charge is -2.57. The predicted molar refractivity (Wildman–Crippen MR) is 183 cm³/mol. The Kier molecular flexibility index (Phi) is 7.39. The summed E-state index contributed by atoms with van der Waals surface area (Å²) in [6.45, 7) is 6.50. The third-order valence-electron chi connectivity index (χ3n) is 11.5. The molecule has 6 fully saturated rings. The van der Waals surface area contributed by atoms with Crippen LogP contribution in [0.1, 0.15) is 61.0 Å². The van der Waals surface area contributed by atoms with E-state index in [1.807, 2.05) is 24.3 Å². The number of thioether (sulfide) groups is 1. The first-order chi connectivity index (χ1) is 22.3. The highest BCUT2D eigenvalue weighted by molar-refractivity contribution is 8.18. The van der Waals surface area contributed by atoms with Crippen LogP contribution in [0.2, 0.25) is 0 Å². The molecule has 9 rings (SSSR count). The summed E-state index contributed by atoms with van der Waals surface area (Å²) in [4.78, 5) is 44.9. The molecule has 4 bridgehead atoms. The minimum Gasteiger partial charge on any atom is -0.368 e. The van der Waals surface area contributed by atoms with Crippen molar-refractivity contribution in [1.29, 1.82) is 0 Å². The van der Waals surface area contributed by atoms with Crippen LogP contribution in [0.4, 0.5) is 10.5 Å². The molecular weight excluding hydrogens is 593 g/mol. The van der Waals surface area contributed by atoms with Crippen molar-refractivity contribution in [3.05, 3.63) is 88.1 Å². The minimum atomic E-state index is -0.393. The van der Waals surface area contributed by atoms with Gasteiger partial charge in [-0.25, -0.2) is 0 Å². The van der Waals surface area contributed by atoms with Crippen LogP contribution in [0.5, 0.6) is 0 Å². The first kappa shape index (κ1) is 29.6. The summed E-state index contributed by atoms with van der Waals surface area (Å²) in [6.07, 6.45) is 10.2. The van der Waals surface area contributed by atoms with Crippen molar-refractivity contribution in [3.8, 4) is 5.69 Å². The summed E-state index contributed by atoms with van der Waals surface area (Å²) in [5.74, 6) is 2.18. The maximum absolute atomic E-state index is 13.4. The average Bonchev–Trinajstić information content (AvgIpc) is 3.48. The zero-order chi connectivity index (χ0) is 31.6. The first-order valence-electron chi connectivity index (χ1n) is 16.9. The molecule has 2 saturated heterocycles. The topological polar surface area (TPSA) is 65.9 Å². The van der Waals surface area contributed by atoms with Gasteiger partial charge in [0.1, 0.15) is 6.54 Å². The number of amides is 3. The van der Waals surface area contributed by atoms with E-state index in [-0.39, 0.29) is 17.7 Å². The van der Waals surface area contributed by atoms with E-state index >= 15 is 0 Å². The van der Waals surface area contributed by atoms with Crippen LogP contribution in [0.25, 0.3) is 11.8 Å². The Bertz CT molecular complexity index is 1680. The maximum atomic E-state index is 13.4. The van der Waals surface area contributed by atoms with Crippen LogP contribution < -0.4 is 4.90 Å². The third-order valence-corrected chi connectivity index (χ3v) is 12.4. The molecule has 2 aliphatic heterocycles. The van der Waals surface area contributed by atoms with Crippen LogP contribution in [0.3, 0.4) is 0 Å². The number of hydrogen-bond donors (Lipinski definition) is 0. The number of rotatable bonds is 6. The highest BCUT2D eigenvalue weighted by Crippen LogP contribution is 2.60. The van der Waals surface area contributed by atoms with E-state index in [1.165, 1.54) is 44.1 Å². The van der Waals surface area contributed by atoms with Crippen molar-refractivity contribution in [2.75, 3.05) is 37.6 Å². The lowest BCUT2D eigenvalue weighted by molar-refractivity contribution is -0.136. The molecule has 3 amide bonds. The van der Waals surface area contributed by atoms with Gasteiger partial charge in [0.25, 0.3) is 11.1 Å². The van der Waals surface area contributed by atoms with Gasteiger partial charge in [0.2, 0.25) is 5.91 Å². The zero-order valence-electron chi connectivity index (χ0n) is 26.8. The Morgan fingerprint density at radius 1 is 0.848 bits per heavy atom. The van der Waals surface area contributed by atoms with E-state index < -0.39 is 5.91 Å². The van der Waals surface area contributed by atoms with Gasteiger partial charge >= 0.3 is 0 Å². The Morgan fingerprint density at radius 2 is 1.48 bits per heavy atom. The van der Waals surface area contributed by atoms with Gasteiger partial charge in [-0.1, -0.05) is 30.3 Å². The van der Waals surface area contributed by atoms with Crippen LogP contribution >= 0.6 is 11.8 Å². The number of anilines is 1. The van der Waals surface area contributed by atoms with E-state index in [9.17, 15) is 14.4 Å². The Balaban J connectivity index is 0.944. The fourth-order valence-corrected chi connectivity index (χ4v) is 10.5. The maximum Gasteiger partial charge on any atom is 0.294 e. The second-order valence-electron chi connectivity index (χ2n) is 14.4. The summed E-state index contributed by atoms with van der Waals surface area (Å²) in [5.41, 5.74) is 7.17. The molecule has 0 atom stereocenters. The fourth-order valence-electron chi connectivity index (χ4n) is 9.62. The molecule has 0 spiro atoms. The average molecular weight is 635 g/mol. The summed E-state index contributed by atoms with van der Waals surface area (Å²) in [6, 6.07) is 21.5. The molecule has 46 heavy (non-hydrogen) atoms. The number of nitrogens with zero attached hydrogens (tertiary/aromatic N) is 4. The normalized spacial score (nSPS) is 28.2. The number of carbonyl (C=O) groups excluding carboxylic acids is 3. The molecule has 0 N–H and O–H groups in total. The molecule has 1 aromatic heterocycles. The molecule has 2 aromatic carbocycles. The molecule has 3 heterocycles. The smallest absolute Gasteiger partial charge is 0.294 e. The van der Waals surface area contributed by atoms with Gasteiger partial charge in [0.15, 0.2) is 0 Å². The predicted octanol–water partition coefficient (Wildman–Crippen LogP) is 6.95. The zero-order valence-corrected chi connectivity index (χ0v) is 27.6. The van der Waals surface area contributed by atoms with Crippen molar-refractivity contribution in [1.82, 2.24) is 14.4 Å². The molecule has 3 aromatic rings. The summed E-state index contributed by atoms with van der Waals surface area (Å²) >= 11 is 0.922. The van der Waals surface area contributed by atoms with Crippen molar-refractivity contribution in [3.63, 3.8) is 0 Å². The highest BCUT2D eigenvalue weighted by atomic mass is 32.2. The number of carbonyl (C=O) groups is 3. The number of imide groups is 1. The Labute approximate surface area is 275 Å². The van der Waals surface area contributed by atoms with Gasteiger partial charge < -0.3 is 14.4 Å². The van der Waals surface area contributed by atoms with Crippen LogP contribution in [0, 0.1) is 31.6 Å². The summed E-state index contributed by atoms with van der Waals surface area (Å²) in [7, 11) is 0. The molecular formula is C38H42N4O3S. The molecule has 8 heteroatoms. The van der Waals surface area contributed by atoms with Gasteiger partial charge in [-0.2, -0.15) is 0 Å². The van der Waals surface area contributed by atoms with Crippen molar-refractivity contribution in [2.24, 2.45) is 17.8 Å². The van der Waals surface area contributed by atoms with E-state index in [1.54, 1.807) is 4.90 Å². The standard InChI is InChI=1S/C38H42N4O3S/c1-25-16-30(26(2)42(25)33-10-8-31(9-11-33)38-21-27-17-28(22-38)19-29(18-27)23-38)20-34-36(44)41(37(45)46-34)24-35(43)40-14-12-39(13-15-40)32-6-4-3-5-7-32/h3-11,16,20,27-29H,12-15,17-19,21-24H2,1-2H3/b34-20+. The van der Waals surface area contributed by atoms with E-state index in [2.05, 4.69) is 65.8 Å². The summed E-state index contributed by atoms with van der Waals surface area (Å²) < 4.78 is 2.23. The van der Waals surface area contributed by atoms with Gasteiger partial charge in [-0.3, -0.25) is 19.3 Å². The second kappa shape index (κ2) is 11.5. The van der Waals surface area contributed by atoms with Gasteiger partial charge in [0.05, 0.1) is 4.91 Å². The van der Waals surface area contributed by atoms with E-state index in [0.29, 0.717) is 23.4 Å². The van der Waals surface area contributed by atoms with Crippen LogP contribution in [0.15, 0.2) is 65.6 Å². The number of aromatic nitrogens is 1. The van der Waals surface area contributed by atoms with Crippen molar-refractivity contribution >= 4 is 40.6 Å². The number of benzene rings is 2. The number of piperazine rings is 1. The quantitative estimate of drug-likeness (QED) is 0.275. The van der Waals surface area contributed by atoms with Gasteiger partial charge in [-0.15, -0.1) is 0 Å². The van der Waals surface area contributed by atoms with Gasteiger partial charge in [-0.05, 0) is 135 Å². The van der Waals surface area contributed by atoms with Crippen molar-refractivity contribution in [2.45, 2.75) is 57.8 Å². The number of hydrogen-bond acceptors (Lipinski definition) is 5. The number of para-hydroxylation sites is 1. The molecule has 0 radical (unpaired) electrons. The highest BCUT2D eigenvalue weighted by Gasteiger charge is 2.51. The number of aryl methyl sites for hydroxylation is 1. The monoisotopic (exact) mass is 634 g/mol. The van der Waals surface area contributed by atoms with E-state index in [0.717, 1.165) is 75.8 Å². The minimum absolute atomic E-state index is 0.188. The fraction of sp³-hybridized carbons (Fsp3) is 0.447. The van der Waals surface area contributed by atoms with Crippen molar-refractivity contribution < 1.29 is 14.4 Å². The molecule has 6 aliphatic rings. The molecule has 0 unspecified atom stereocenters. The largest absolute Gasteiger partial charge is 0.368 e. The first-order valence-corrected chi connectivity index (χ1v) is 17.7. The lowest BCUT2D eigenvalue weighted by Crippen LogP contribution is -2.51. The Hall–Kier alpha value is -3.78. The third kappa shape index (κ3) is 5.19. The SMILES string of the molecule is Cc1cc(/C=C2/SC(=O)N(CC(=O)N3CCN(c4ccccc4)CC3)C2=O)c(C)n1-c1ccc(C23CC4CC(CC(C4)C2)C3)cc1. The second-order valence-corrected chi connectivity index (χ2v) is 15.4. The Morgan fingerprint density at radius 3 is 2.11 bits per heavy atom. The molecule has 4 aliphatic carbocycles. The molecule has 238 valence electrons. The summed E-state index contributed by atoms with van der Waals surface area (Å²) in [5, 5.41) is -0.387. The van der Waals surface area contributed by atoms with Crippen LogP contribution in [-0.2, 0) is 15.0 Å². The van der Waals surface area contributed by atoms with Gasteiger partial charge in [0, 0.05) is 48.9 Å².